The molecule has 0 spiro atoms. The van der Waals surface area contributed by atoms with Gasteiger partial charge in [-0.05, 0) is 53.3 Å². The van der Waals surface area contributed by atoms with Crippen molar-refractivity contribution in [1.82, 2.24) is 4.72 Å². The zero-order valence-corrected chi connectivity index (χ0v) is 19.0. The number of nitrogens with one attached hydrogen (secondary N) is 2. The fourth-order valence-electron chi connectivity index (χ4n) is 4.45. The molecule has 1 amide bonds. The van der Waals surface area contributed by atoms with Gasteiger partial charge in [0.2, 0.25) is 10.0 Å². The number of benzene rings is 2. The number of carbonyl (C=O) groups excluding carboxylic acids is 1. The van der Waals surface area contributed by atoms with Crippen molar-refractivity contribution < 1.29 is 17.9 Å². The molecule has 0 aromatic heterocycles. The minimum Gasteiger partial charge on any atom is -0.378 e. The highest BCUT2D eigenvalue weighted by molar-refractivity contribution is 7.89. The Kier molecular flexibility index (Phi) is 5.70. The highest BCUT2D eigenvalue weighted by Gasteiger charge is 2.36. The predicted molar refractivity (Wildman–Crippen MR) is 122 cm³/mol. The molecule has 0 aliphatic carbocycles. The Morgan fingerprint density at radius 1 is 1.16 bits per heavy atom. The van der Waals surface area contributed by atoms with Crippen molar-refractivity contribution in [3.8, 4) is 0 Å². The van der Waals surface area contributed by atoms with Gasteiger partial charge in [-0.1, -0.05) is 26.0 Å². The highest BCUT2D eigenvalue weighted by atomic mass is 32.2. The third kappa shape index (κ3) is 4.85. The number of hydrogen-bond donors (Lipinski definition) is 2. The third-order valence-electron chi connectivity index (χ3n) is 5.95. The Hall–Kier alpha value is -2.58. The van der Waals surface area contributed by atoms with Crippen molar-refractivity contribution in [2.45, 2.75) is 26.3 Å². The number of rotatable bonds is 4. The van der Waals surface area contributed by atoms with E-state index in [0.29, 0.717) is 5.56 Å². The van der Waals surface area contributed by atoms with Crippen LogP contribution >= 0.6 is 0 Å². The van der Waals surface area contributed by atoms with Crippen molar-refractivity contribution >= 4 is 27.3 Å². The van der Waals surface area contributed by atoms with Crippen LogP contribution in [0.3, 0.4) is 0 Å². The fraction of sp³-hybridized carbons (Fsp3) is 0.435. The van der Waals surface area contributed by atoms with Crippen LogP contribution in [-0.2, 0) is 21.2 Å². The largest absolute Gasteiger partial charge is 0.378 e. The molecule has 2 aliphatic heterocycles. The van der Waals surface area contributed by atoms with Gasteiger partial charge in [-0.2, -0.15) is 0 Å². The lowest BCUT2D eigenvalue weighted by atomic mass is 9.72. The Morgan fingerprint density at radius 3 is 2.61 bits per heavy atom. The Bertz CT molecular complexity index is 1090. The Morgan fingerprint density at radius 2 is 1.90 bits per heavy atom. The van der Waals surface area contributed by atoms with E-state index in [1.807, 2.05) is 10.8 Å². The Balaban J connectivity index is 1.60. The summed E-state index contributed by atoms with van der Waals surface area (Å²) in [6.45, 7) is 7.70. The molecule has 166 valence electrons. The fourth-order valence-corrected chi connectivity index (χ4v) is 4.90. The van der Waals surface area contributed by atoms with Gasteiger partial charge in [-0.15, -0.1) is 0 Å². The van der Waals surface area contributed by atoms with E-state index < -0.39 is 15.9 Å². The van der Waals surface area contributed by atoms with Crippen molar-refractivity contribution in [1.29, 1.82) is 0 Å². The average Bonchev–Trinajstić information content (AvgIpc) is 2.71. The quantitative estimate of drug-likeness (QED) is 0.756. The second kappa shape index (κ2) is 8.16. The van der Waals surface area contributed by atoms with E-state index in [-0.39, 0.29) is 11.5 Å². The molecular formula is C23H29N3O4S. The molecule has 1 saturated heterocycles. The number of morpholine rings is 1. The number of anilines is 2. The highest BCUT2D eigenvalue weighted by Crippen LogP contribution is 2.45. The summed E-state index contributed by atoms with van der Waals surface area (Å²) < 4.78 is 30.3. The first-order chi connectivity index (χ1) is 14.6. The summed E-state index contributed by atoms with van der Waals surface area (Å²) in [4.78, 5) is 14.6. The topological polar surface area (TPSA) is 87.7 Å². The first-order valence-corrected chi connectivity index (χ1v) is 12.4. The molecule has 1 fully saturated rings. The molecule has 31 heavy (non-hydrogen) atoms. The molecule has 8 heteroatoms. The van der Waals surface area contributed by atoms with Crippen LogP contribution < -0.4 is 14.9 Å². The third-order valence-corrected chi connectivity index (χ3v) is 6.51. The molecule has 2 heterocycles. The van der Waals surface area contributed by atoms with Gasteiger partial charge in [0, 0.05) is 30.0 Å². The van der Waals surface area contributed by atoms with Crippen LogP contribution in [0.1, 0.15) is 41.4 Å². The molecule has 0 bridgehead atoms. The van der Waals surface area contributed by atoms with E-state index in [0.717, 1.165) is 50.2 Å². The van der Waals surface area contributed by atoms with Crippen molar-refractivity contribution in [2.75, 3.05) is 42.8 Å². The van der Waals surface area contributed by atoms with Gasteiger partial charge in [0.05, 0.1) is 25.5 Å². The van der Waals surface area contributed by atoms with Gasteiger partial charge in [0.15, 0.2) is 0 Å². The molecule has 2 aliphatic rings. The molecule has 2 aromatic rings. The van der Waals surface area contributed by atoms with Crippen LogP contribution in [0.4, 0.5) is 11.4 Å². The molecular weight excluding hydrogens is 414 g/mol. The predicted octanol–water partition coefficient (Wildman–Crippen LogP) is 2.95. The molecule has 2 N–H and O–H groups in total. The molecule has 1 atom stereocenters. The zero-order valence-electron chi connectivity index (χ0n) is 18.1. The van der Waals surface area contributed by atoms with Gasteiger partial charge in [0.25, 0.3) is 5.91 Å². The lowest BCUT2D eigenvalue weighted by Gasteiger charge is -2.42. The van der Waals surface area contributed by atoms with E-state index in [1.54, 1.807) is 12.1 Å². The summed E-state index contributed by atoms with van der Waals surface area (Å²) in [5, 5.41) is 3.65. The summed E-state index contributed by atoms with van der Waals surface area (Å²) in [6, 6.07) is 14.1. The van der Waals surface area contributed by atoms with Crippen LogP contribution in [0.5, 0.6) is 0 Å². The molecule has 0 radical (unpaired) electrons. The molecule has 4 rings (SSSR count). The van der Waals surface area contributed by atoms with Gasteiger partial charge in [0.1, 0.15) is 0 Å². The number of amides is 1. The maximum Gasteiger partial charge on any atom is 0.264 e. The molecule has 2 aromatic carbocycles. The van der Waals surface area contributed by atoms with E-state index in [2.05, 4.69) is 48.3 Å². The minimum atomic E-state index is -3.60. The van der Waals surface area contributed by atoms with E-state index >= 15 is 0 Å². The lowest BCUT2D eigenvalue weighted by molar-refractivity contribution is 0.0981. The summed E-state index contributed by atoms with van der Waals surface area (Å²) in [6.07, 6.45) is 1.74. The van der Waals surface area contributed by atoms with Crippen molar-refractivity contribution in [3.05, 3.63) is 59.2 Å². The summed E-state index contributed by atoms with van der Waals surface area (Å²) >= 11 is 0. The molecule has 7 nitrogen and oxygen atoms in total. The number of nitrogens with zero attached hydrogens (tertiary/aromatic N) is 1. The maximum atomic E-state index is 12.3. The number of fused-ring (bicyclic) bond motifs is 1. The summed E-state index contributed by atoms with van der Waals surface area (Å²) in [7, 11) is -3.60. The summed E-state index contributed by atoms with van der Waals surface area (Å²) in [5.74, 6) is -0.608. The number of sulfonamides is 1. The van der Waals surface area contributed by atoms with Gasteiger partial charge >= 0.3 is 0 Å². The van der Waals surface area contributed by atoms with E-state index in [4.69, 9.17) is 4.74 Å². The van der Waals surface area contributed by atoms with Gasteiger partial charge < -0.3 is 15.0 Å². The number of ether oxygens (including phenoxy) is 1. The van der Waals surface area contributed by atoms with Crippen LogP contribution in [0.25, 0.3) is 0 Å². The van der Waals surface area contributed by atoms with Gasteiger partial charge in [-0.3, -0.25) is 4.79 Å². The van der Waals surface area contributed by atoms with Gasteiger partial charge in [-0.25, -0.2) is 13.1 Å². The second-order valence-electron chi connectivity index (χ2n) is 9.01. The van der Waals surface area contributed by atoms with Crippen LogP contribution in [-0.4, -0.2) is 46.9 Å². The smallest absolute Gasteiger partial charge is 0.264 e. The molecule has 1 unspecified atom stereocenters. The lowest BCUT2D eigenvalue weighted by Crippen LogP contribution is -2.37. The monoisotopic (exact) mass is 443 g/mol. The summed E-state index contributed by atoms with van der Waals surface area (Å²) in [5.41, 5.74) is 4.64. The first kappa shape index (κ1) is 21.6. The average molecular weight is 444 g/mol. The van der Waals surface area contributed by atoms with Crippen LogP contribution in [0.15, 0.2) is 42.5 Å². The van der Waals surface area contributed by atoms with E-state index in [1.165, 1.54) is 11.3 Å². The standard InChI is InChI=1S/C23H29N3O4S/c1-23(2)15-18-13-17(22(27)25-31(3,28)29)7-8-20(18)24-21(23)16-5-4-6-19(14-16)26-9-11-30-12-10-26/h4-8,13-14,21,24H,9-12,15H2,1-3H3,(H,25,27). The van der Waals surface area contributed by atoms with E-state index in [9.17, 15) is 13.2 Å². The first-order valence-electron chi connectivity index (χ1n) is 10.5. The maximum absolute atomic E-state index is 12.3. The van der Waals surface area contributed by atoms with Crippen molar-refractivity contribution in [3.63, 3.8) is 0 Å². The van der Waals surface area contributed by atoms with Crippen molar-refractivity contribution in [2.24, 2.45) is 5.41 Å². The minimum absolute atomic E-state index is 0.108. The SMILES string of the molecule is CC1(C)Cc2cc(C(=O)NS(C)(=O)=O)ccc2NC1c1cccc(N2CCOCC2)c1. The van der Waals surface area contributed by atoms with Crippen LogP contribution in [0, 0.1) is 5.41 Å². The number of carbonyl (C=O) groups is 1. The second-order valence-corrected chi connectivity index (χ2v) is 10.8. The molecule has 0 saturated carbocycles. The number of hydrogen-bond acceptors (Lipinski definition) is 6. The normalized spacial score (nSPS) is 20.5. The Labute approximate surface area is 183 Å². The zero-order chi connectivity index (χ0) is 22.2. The van der Waals surface area contributed by atoms with Crippen LogP contribution in [0.2, 0.25) is 0 Å².